The molecule has 1 fully saturated rings. The minimum Gasteiger partial charge on any atom is -0.497 e. The van der Waals surface area contributed by atoms with E-state index in [9.17, 15) is 0 Å². The van der Waals surface area contributed by atoms with Crippen molar-refractivity contribution in [3.63, 3.8) is 0 Å². The maximum Gasteiger partial charge on any atom is 0.118 e. The number of ether oxygens (including phenoxy) is 1. The van der Waals surface area contributed by atoms with Crippen molar-refractivity contribution in [3.05, 3.63) is 29.8 Å². The number of rotatable bonds is 5. The van der Waals surface area contributed by atoms with E-state index in [0.29, 0.717) is 0 Å². The minimum atomic E-state index is 0.145. The fourth-order valence-corrected chi connectivity index (χ4v) is 3.58. The Hall–Kier alpha value is -0.670. The van der Waals surface area contributed by atoms with Crippen LogP contribution in [-0.4, -0.2) is 18.1 Å². The molecule has 1 aliphatic rings. The molecule has 0 aromatic heterocycles. The van der Waals surface area contributed by atoms with Crippen molar-refractivity contribution in [1.29, 1.82) is 0 Å². The topological polar surface area (TPSA) is 35.2 Å². The predicted molar refractivity (Wildman–Crippen MR) is 74.6 cm³/mol. The van der Waals surface area contributed by atoms with Crippen LogP contribution in [0.4, 0.5) is 0 Å². The molecule has 1 aromatic rings. The maximum atomic E-state index is 6.20. The van der Waals surface area contributed by atoms with Crippen LogP contribution in [0.5, 0.6) is 5.75 Å². The van der Waals surface area contributed by atoms with Gasteiger partial charge in [0, 0.05) is 17.0 Å². The van der Waals surface area contributed by atoms with Gasteiger partial charge in [0.15, 0.2) is 0 Å². The summed E-state index contributed by atoms with van der Waals surface area (Å²) < 4.78 is 5.14. The second-order valence-electron chi connectivity index (χ2n) is 4.62. The molecule has 0 bridgehead atoms. The monoisotopic (exact) mass is 251 g/mol. The lowest BCUT2D eigenvalue weighted by atomic mass is 10.1. The van der Waals surface area contributed by atoms with E-state index in [0.717, 1.165) is 16.8 Å². The van der Waals surface area contributed by atoms with E-state index in [-0.39, 0.29) is 6.04 Å². The number of benzene rings is 1. The summed E-state index contributed by atoms with van der Waals surface area (Å²) in [4.78, 5) is 0. The van der Waals surface area contributed by atoms with Crippen molar-refractivity contribution in [2.75, 3.05) is 12.9 Å². The molecule has 0 heterocycles. The Morgan fingerprint density at radius 3 is 2.53 bits per heavy atom. The van der Waals surface area contributed by atoms with E-state index in [4.69, 9.17) is 10.5 Å². The molecule has 3 heteroatoms. The molecule has 94 valence electrons. The van der Waals surface area contributed by atoms with Gasteiger partial charge in [0.2, 0.25) is 0 Å². The highest BCUT2D eigenvalue weighted by atomic mass is 32.2. The number of hydrogen-bond acceptors (Lipinski definition) is 3. The molecule has 1 saturated carbocycles. The van der Waals surface area contributed by atoms with Crippen LogP contribution in [0.1, 0.15) is 37.3 Å². The van der Waals surface area contributed by atoms with Crippen molar-refractivity contribution in [1.82, 2.24) is 0 Å². The van der Waals surface area contributed by atoms with Gasteiger partial charge in [0.05, 0.1) is 7.11 Å². The predicted octanol–water partition coefficient (Wildman–Crippen LogP) is 3.37. The van der Waals surface area contributed by atoms with E-state index >= 15 is 0 Å². The summed E-state index contributed by atoms with van der Waals surface area (Å²) in [6.07, 6.45) is 5.55. The first kappa shape index (κ1) is 12.8. The molecule has 1 aliphatic carbocycles. The zero-order chi connectivity index (χ0) is 12.1. The fourth-order valence-electron chi connectivity index (χ4n) is 2.24. The van der Waals surface area contributed by atoms with Crippen LogP contribution in [0.15, 0.2) is 24.3 Å². The molecule has 17 heavy (non-hydrogen) atoms. The highest BCUT2D eigenvalue weighted by Crippen LogP contribution is 2.31. The second-order valence-corrected chi connectivity index (χ2v) is 5.95. The average Bonchev–Trinajstić information content (AvgIpc) is 2.89. The van der Waals surface area contributed by atoms with Gasteiger partial charge in [0.1, 0.15) is 5.75 Å². The smallest absolute Gasteiger partial charge is 0.118 e. The van der Waals surface area contributed by atoms with Gasteiger partial charge in [-0.25, -0.2) is 0 Å². The zero-order valence-electron chi connectivity index (χ0n) is 10.4. The fraction of sp³-hybridized carbons (Fsp3) is 0.571. The molecular formula is C14H21NOS. The Labute approximate surface area is 108 Å². The first-order valence-corrected chi connectivity index (χ1v) is 7.35. The highest BCUT2D eigenvalue weighted by molar-refractivity contribution is 7.99. The summed E-state index contributed by atoms with van der Waals surface area (Å²) in [7, 11) is 1.69. The van der Waals surface area contributed by atoms with Crippen LogP contribution in [-0.2, 0) is 0 Å². The van der Waals surface area contributed by atoms with E-state index in [1.165, 1.54) is 31.2 Å². The van der Waals surface area contributed by atoms with Crippen molar-refractivity contribution < 1.29 is 4.74 Å². The largest absolute Gasteiger partial charge is 0.497 e. The lowest BCUT2D eigenvalue weighted by Crippen LogP contribution is -2.14. The molecule has 1 aromatic carbocycles. The molecule has 0 aliphatic heterocycles. The summed E-state index contributed by atoms with van der Waals surface area (Å²) >= 11 is 2.04. The second kappa shape index (κ2) is 6.31. The van der Waals surface area contributed by atoms with E-state index < -0.39 is 0 Å². The summed E-state index contributed by atoms with van der Waals surface area (Å²) in [5.41, 5.74) is 7.41. The van der Waals surface area contributed by atoms with Crippen LogP contribution >= 0.6 is 11.8 Å². The quantitative estimate of drug-likeness (QED) is 0.871. The Bertz CT molecular complexity index is 333. The molecule has 2 nitrogen and oxygen atoms in total. The van der Waals surface area contributed by atoms with Crippen molar-refractivity contribution in [2.24, 2.45) is 5.73 Å². The standard InChI is InChI=1S/C14H21NOS/c1-16-12-8-6-11(7-9-12)14(15)10-17-13-4-2-3-5-13/h6-9,13-14H,2-5,10,15H2,1H3. The minimum absolute atomic E-state index is 0.145. The lowest BCUT2D eigenvalue weighted by molar-refractivity contribution is 0.414. The molecule has 1 unspecified atom stereocenters. The van der Waals surface area contributed by atoms with Crippen LogP contribution in [0.2, 0.25) is 0 Å². The van der Waals surface area contributed by atoms with Crippen LogP contribution < -0.4 is 10.5 Å². The van der Waals surface area contributed by atoms with Crippen LogP contribution in [0.3, 0.4) is 0 Å². The molecular weight excluding hydrogens is 230 g/mol. The van der Waals surface area contributed by atoms with E-state index in [2.05, 4.69) is 12.1 Å². The zero-order valence-corrected chi connectivity index (χ0v) is 11.2. The summed E-state index contributed by atoms with van der Waals surface area (Å²) in [6.45, 7) is 0. The van der Waals surface area contributed by atoms with Gasteiger partial charge in [-0.05, 0) is 30.5 Å². The molecule has 0 radical (unpaired) electrons. The summed E-state index contributed by atoms with van der Waals surface area (Å²) in [5, 5.41) is 0.847. The normalized spacial score (nSPS) is 18.2. The average molecular weight is 251 g/mol. The molecule has 0 saturated heterocycles. The third kappa shape index (κ3) is 3.65. The number of methoxy groups -OCH3 is 1. The SMILES string of the molecule is COc1ccc(C(N)CSC2CCCC2)cc1. The Balaban J connectivity index is 1.83. The van der Waals surface area contributed by atoms with Gasteiger partial charge >= 0.3 is 0 Å². The van der Waals surface area contributed by atoms with Crippen molar-refractivity contribution >= 4 is 11.8 Å². The molecule has 0 amide bonds. The van der Waals surface area contributed by atoms with Crippen LogP contribution in [0.25, 0.3) is 0 Å². The van der Waals surface area contributed by atoms with Gasteiger partial charge in [0.25, 0.3) is 0 Å². The van der Waals surface area contributed by atoms with Gasteiger partial charge in [-0.2, -0.15) is 11.8 Å². The third-order valence-corrected chi connectivity index (χ3v) is 4.85. The molecule has 1 atom stereocenters. The van der Waals surface area contributed by atoms with Gasteiger partial charge in [-0.15, -0.1) is 0 Å². The van der Waals surface area contributed by atoms with E-state index in [1.807, 2.05) is 23.9 Å². The first-order chi connectivity index (χ1) is 8.29. The Morgan fingerprint density at radius 1 is 1.29 bits per heavy atom. The number of hydrogen-bond donors (Lipinski definition) is 1. The first-order valence-electron chi connectivity index (χ1n) is 6.30. The Kier molecular flexibility index (Phi) is 4.75. The molecule has 2 rings (SSSR count). The number of thioether (sulfide) groups is 1. The van der Waals surface area contributed by atoms with Gasteiger partial charge in [-0.3, -0.25) is 0 Å². The molecule has 0 spiro atoms. The van der Waals surface area contributed by atoms with Gasteiger partial charge < -0.3 is 10.5 Å². The van der Waals surface area contributed by atoms with Crippen molar-refractivity contribution in [2.45, 2.75) is 37.0 Å². The van der Waals surface area contributed by atoms with Crippen LogP contribution in [0, 0.1) is 0 Å². The maximum absolute atomic E-state index is 6.20. The van der Waals surface area contributed by atoms with Crippen molar-refractivity contribution in [3.8, 4) is 5.75 Å². The Morgan fingerprint density at radius 2 is 1.94 bits per heavy atom. The molecule has 2 N–H and O–H groups in total. The third-order valence-electron chi connectivity index (χ3n) is 3.36. The highest BCUT2D eigenvalue weighted by Gasteiger charge is 2.17. The summed E-state index contributed by atoms with van der Waals surface area (Å²) in [5.74, 6) is 1.92. The van der Waals surface area contributed by atoms with Gasteiger partial charge in [-0.1, -0.05) is 25.0 Å². The number of nitrogens with two attached hydrogens (primary N) is 1. The van der Waals surface area contributed by atoms with E-state index in [1.54, 1.807) is 7.11 Å². The summed E-state index contributed by atoms with van der Waals surface area (Å²) in [6, 6.07) is 8.24. The lowest BCUT2D eigenvalue weighted by Gasteiger charge is -2.15.